The molecule has 4 unspecified atom stereocenters. The Labute approximate surface area is 244 Å². The summed E-state index contributed by atoms with van der Waals surface area (Å²) in [6.45, 7) is 3.88. The SMILES string of the molecule is CCCCCCCCC/C=C/C(O)C(COP(=O)(O)OCCN)NC(=O)CC(O)CCCCCCCCCCC. The zero-order valence-electron chi connectivity index (χ0n) is 25.4. The second-order valence-corrected chi connectivity index (χ2v) is 12.3. The number of unbranched alkanes of at least 4 members (excludes halogenated alkanes) is 15. The highest BCUT2D eigenvalue weighted by Gasteiger charge is 2.27. The fraction of sp³-hybridized carbons (Fsp3) is 0.900. The lowest BCUT2D eigenvalue weighted by Crippen LogP contribution is -2.46. The summed E-state index contributed by atoms with van der Waals surface area (Å²) in [7, 11) is -4.37. The summed E-state index contributed by atoms with van der Waals surface area (Å²) in [5, 5.41) is 23.7. The van der Waals surface area contributed by atoms with Gasteiger partial charge in [-0.2, -0.15) is 0 Å². The van der Waals surface area contributed by atoms with Gasteiger partial charge in [0.15, 0.2) is 0 Å². The first kappa shape index (κ1) is 39.2. The van der Waals surface area contributed by atoms with E-state index in [0.717, 1.165) is 38.5 Å². The van der Waals surface area contributed by atoms with Crippen molar-refractivity contribution in [3.63, 3.8) is 0 Å². The van der Waals surface area contributed by atoms with E-state index in [9.17, 15) is 24.5 Å². The van der Waals surface area contributed by atoms with E-state index >= 15 is 0 Å². The number of phosphoric acid groups is 1. The average molecular weight is 593 g/mol. The Morgan fingerprint density at radius 1 is 0.850 bits per heavy atom. The fourth-order valence-electron chi connectivity index (χ4n) is 4.47. The summed E-state index contributed by atoms with van der Waals surface area (Å²) >= 11 is 0. The van der Waals surface area contributed by atoms with Gasteiger partial charge >= 0.3 is 7.82 Å². The van der Waals surface area contributed by atoms with Crippen molar-refractivity contribution in [2.75, 3.05) is 19.8 Å². The van der Waals surface area contributed by atoms with Gasteiger partial charge in [-0.15, -0.1) is 0 Å². The molecule has 0 aliphatic rings. The number of hydrogen-bond donors (Lipinski definition) is 5. The van der Waals surface area contributed by atoms with Gasteiger partial charge < -0.3 is 26.2 Å². The molecule has 1 amide bonds. The first-order chi connectivity index (χ1) is 19.3. The Balaban J connectivity index is 4.58. The van der Waals surface area contributed by atoms with E-state index in [1.54, 1.807) is 6.08 Å². The molecule has 0 fully saturated rings. The van der Waals surface area contributed by atoms with E-state index in [-0.39, 0.29) is 19.6 Å². The van der Waals surface area contributed by atoms with Crippen LogP contribution in [0.15, 0.2) is 12.2 Å². The minimum Gasteiger partial charge on any atom is -0.393 e. The van der Waals surface area contributed by atoms with Crippen LogP contribution in [0.5, 0.6) is 0 Å². The molecule has 0 rings (SSSR count). The smallest absolute Gasteiger partial charge is 0.393 e. The predicted octanol–water partition coefficient (Wildman–Crippen LogP) is 6.29. The third kappa shape index (κ3) is 25.0. The van der Waals surface area contributed by atoms with Gasteiger partial charge in [0.25, 0.3) is 0 Å². The van der Waals surface area contributed by atoms with Gasteiger partial charge in [-0.05, 0) is 19.3 Å². The highest BCUT2D eigenvalue weighted by molar-refractivity contribution is 7.47. The predicted molar refractivity (Wildman–Crippen MR) is 163 cm³/mol. The lowest BCUT2D eigenvalue weighted by molar-refractivity contribution is -0.124. The molecular weight excluding hydrogens is 531 g/mol. The Morgan fingerprint density at radius 2 is 1.38 bits per heavy atom. The molecule has 6 N–H and O–H groups in total. The number of carbonyl (C=O) groups is 1. The quantitative estimate of drug-likeness (QED) is 0.0386. The number of phosphoric ester groups is 1. The van der Waals surface area contributed by atoms with Gasteiger partial charge in [0, 0.05) is 6.54 Å². The van der Waals surface area contributed by atoms with Gasteiger partial charge in [0.05, 0.1) is 37.9 Å². The molecule has 9 nitrogen and oxygen atoms in total. The van der Waals surface area contributed by atoms with Crippen molar-refractivity contribution in [3.8, 4) is 0 Å². The van der Waals surface area contributed by atoms with E-state index in [0.29, 0.717) is 6.42 Å². The van der Waals surface area contributed by atoms with Crippen LogP contribution in [0.1, 0.15) is 136 Å². The molecule has 10 heteroatoms. The van der Waals surface area contributed by atoms with Crippen LogP contribution in [0, 0.1) is 0 Å². The molecular formula is C30H61N2O7P. The lowest BCUT2D eigenvalue weighted by atomic mass is 10.0. The first-order valence-corrected chi connectivity index (χ1v) is 17.4. The van der Waals surface area contributed by atoms with Crippen LogP contribution >= 0.6 is 7.82 Å². The Kier molecular flexibility index (Phi) is 26.5. The van der Waals surface area contributed by atoms with Crippen molar-refractivity contribution in [2.45, 2.75) is 154 Å². The summed E-state index contributed by atoms with van der Waals surface area (Å²) in [6.07, 6.45) is 21.7. The Hall–Kier alpha value is -0.800. The number of carbonyl (C=O) groups excluding carboxylic acids is 1. The van der Waals surface area contributed by atoms with Gasteiger partial charge in [0.1, 0.15) is 0 Å². The molecule has 40 heavy (non-hydrogen) atoms. The number of nitrogens with one attached hydrogen (secondary N) is 1. The third-order valence-corrected chi connectivity index (χ3v) is 7.90. The summed E-state index contributed by atoms with van der Waals surface area (Å²) in [4.78, 5) is 22.4. The zero-order valence-corrected chi connectivity index (χ0v) is 26.3. The van der Waals surface area contributed by atoms with Crippen LogP contribution in [0.2, 0.25) is 0 Å². The lowest BCUT2D eigenvalue weighted by Gasteiger charge is -2.24. The number of amides is 1. The van der Waals surface area contributed by atoms with Crippen LogP contribution in [0.4, 0.5) is 0 Å². The second kappa shape index (κ2) is 27.1. The monoisotopic (exact) mass is 592 g/mol. The molecule has 4 atom stereocenters. The minimum absolute atomic E-state index is 0.0505. The number of aliphatic hydroxyl groups excluding tert-OH is 2. The fourth-order valence-corrected chi connectivity index (χ4v) is 5.23. The van der Waals surface area contributed by atoms with Crippen molar-refractivity contribution in [1.29, 1.82) is 0 Å². The summed E-state index contributed by atoms with van der Waals surface area (Å²) in [5.41, 5.74) is 5.31. The van der Waals surface area contributed by atoms with Crippen LogP contribution in [0.3, 0.4) is 0 Å². The van der Waals surface area contributed by atoms with Crippen LogP contribution in [-0.4, -0.2) is 59.0 Å². The first-order valence-electron chi connectivity index (χ1n) is 15.9. The van der Waals surface area contributed by atoms with Crippen molar-refractivity contribution in [1.82, 2.24) is 5.32 Å². The Bertz CT molecular complexity index is 666. The highest BCUT2D eigenvalue weighted by atomic mass is 31.2. The summed E-state index contributed by atoms with van der Waals surface area (Å²) < 4.78 is 21.8. The number of aliphatic hydroxyl groups is 2. The molecule has 0 spiro atoms. The van der Waals surface area contributed by atoms with Gasteiger partial charge in [-0.1, -0.05) is 122 Å². The molecule has 0 aliphatic carbocycles. The van der Waals surface area contributed by atoms with Crippen molar-refractivity contribution in [2.24, 2.45) is 5.73 Å². The van der Waals surface area contributed by atoms with Crippen molar-refractivity contribution >= 4 is 13.7 Å². The third-order valence-electron chi connectivity index (χ3n) is 6.92. The van der Waals surface area contributed by atoms with Crippen molar-refractivity contribution in [3.05, 3.63) is 12.2 Å². The molecule has 0 aromatic rings. The zero-order chi connectivity index (χ0) is 29.9. The molecule has 0 aliphatic heterocycles. The van der Waals surface area contributed by atoms with Gasteiger partial charge in [-0.25, -0.2) is 4.57 Å². The van der Waals surface area contributed by atoms with E-state index in [1.165, 1.54) is 70.6 Å². The average Bonchev–Trinajstić information content (AvgIpc) is 2.92. The molecule has 0 radical (unpaired) electrons. The second-order valence-electron chi connectivity index (χ2n) is 10.9. The van der Waals surface area contributed by atoms with Gasteiger partial charge in [-0.3, -0.25) is 13.8 Å². The molecule has 0 bridgehead atoms. The summed E-state index contributed by atoms with van der Waals surface area (Å²) in [5.74, 6) is -0.452. The molecule has 0 saturated carbocycles. The number of hydrogen-bond acceptors (Lipinski definition) is 7. The maximum Gasteiger partial charge on any atom is 0.472 e. The molecule has 0 saturated heterocycles. The summed E-state index contributed by atoms with van der Waals surface area (Å²) in [6, 6.07) is -0.973. The number of nitrogens with two attached hydrogens (primary N) is 1. The molecule has 238 valence electrons. The largest absolute Gasteiger partial charge is 0.472 e. The van der Waals surface area contributed by atoms with Crippen molar-refractivity contribution < 1.29 is 33.5 Å². The normalized spacial score (nSPS) is 15.7. The maximum absolute atomic E-state index is 12.6. The Morgan fingerprint density at radius 3 is 1.93 bits per heavy atom. The van der Waals surface area contributed by atoms with E-state index < -0.39 is 38.6 Å². The topological polar surface area (TPSA) is 151 Å². The standard InChI is InChI=1S/C30H61N2O7P/c1-3-5-7-9-11-13-15-17-19-21-27(33)25-30(35)32-28(26-39-40(36,37)38-24-23-31)29(34)22-20-18-16-14-12-10-8-6-4-2/h20,22,27-29,33-34H,3-19,21,23-26,31H2,1-2H3,(H,32,35)(H,36,37)/b22-20+. The molecule has 0 heterocycles. The van der Waals surface area contributed by atoms with E-state index in [4.69, 9.17) is 14.8 Å². The van der Waals surface area contributed by atoms with E-state index in [1.807, 2.05) is 6.08 Å². The number of allylic oxidation sites excluding steroid dienone is 1. The van der Waals surface area contributed by atoms with Crippen LogP contribution in [-0.2, 0) is 18.4 Å². The van der Waals surface area contributed by atoms with Crippen LogP contribution < -0.4 is 11.1 Å². The highest BCUT2D eigenvalue weighted by Crippen LogP contribution is 2.43. The molecule has 0 aromatic carbocycles. The maximum atomic E-state index is 12.6. The number of rotatable bonds is 29. The van der Waals surface area contributed by atoms with E-state index in [2.05, 4.69) is 19.2 Å². The molecule has 0 aromatic heterocycles. The minimum atomic E-state index is -4.37. The van der Waals surface area contributed by atoms with Crippen LogP contribution in [0.25, 0.3) is 0 Å². The van der Waals surface area contributed by atoms with Gasteiger partial charge in [0.2, 0.25) is 5.91 Å².